The van der Waals surface area contributed by atoms with Crippen LogP contribution in [-0.2, 0) is 4.79 Å². The maximum atomic E-state index is 12.5. The summed E-state index contributed by atoms with van der Waals surface area (Å²) in [5, 5.41) is 7.57. The number of carbonyl (C=O) groups is 1. The minimum absolute atomic E-state index is 0.0572. The van der Waals surface area contributed by atoms with Crippen molar-refractivity contribution < 1.29 is 4.79 Å². The van der Waals surface area contributed by atoms with Crippen molar-refractivity contribution in [1.29, 1.82) is 0 Å². The first-order chi connectivity index (χ1) is 15.5. The van der Waals surface area contributed by atoms with Gasteiger partial charge in [0.15, 0.2) is 0 Å². The summed E-state index contributed by atoms with van der Waals surface area (Å²) >= 11 is 0. The average Bonchev–Trinajstić information content (AvgIpc) is 3.24. The van der Waals surface area contributed by atoms with E-state index < -0.39 is 0 Å². The van der Waals surface area contributed by atoms with E-state index in [9.17, 15) is 4.79 Å². The second kappa shape index (κ2) is 8.04. The van der Waals surface area contributed by atoms with Crippen molar-refractivity contribution in [2.24, 2.45) is 5.10 Å². The van der Waals surface area contributed by atoms with Gasteiger partial charge in [0.2, 0.25) is 5.91 Å². The summed E-state index contributed by atoms with van der Waals surface area (Å²) in [7, 11) is 0. The largest absolute Gasteiger partial charge is 0.273 e. The van der Waals surface area contributed by atoms with Crippen molar-refractivity contribution >= 4 is 22.5 Å². The molecule has 1 aromatic heterocycles. The number of carbonyl (C=O) groups excluding carboxylic acids is 1. The summed E-state index contributed by atoms with van der Waals surface area (Å²) in [4.78, 5) is 17.4. The number of benzene rings is 3. The van der Waals surface area contributed by atoms with E-state index in [4.69, 9.17) is 10.1 Å². The summed E-state index contributed by atoms with van der Waals surface area (Å²) in [5.74, 6) is -0.0572. The number of hydrogen-bond donors (Lipinski definition) is 0. The minimum Gasteiger partial charge on any atom is -0.273 e. The van der Waals surface area contributed by atoms with Crippen molar-refractivity contribution in [3.63, 3.8) is 0 Å². The van der Waals surface area contributed by atoms with Gasteiger partial charge in [0.25, 0.3) is 0 Å². The van der Waals surface area contributed by atoms with Crippen LogP contribution >= 0.6 is 0 Å². The quantitative estimate of drug-likeness (QED) is 0.396. The number of aromatic nitrogens is 1. The molecule has 0 fully saturated rings. The molecule has 4 aromatic rings. The van der Waals surface area contributed by atoms with Gasteiger partial charge in [-0.2, -0.15) is 5.10 Å². The predicted molar refractivity (Wildman–Crippen MR) is 130 cm³/mol. The summed E-state index contributed by atoms with van der Waals surface area (Å²) in [6.07, 6.45) is 0.656. The maximum Gasteiger partial charge on any atom is 0.240 e. The molecule has 0 unspecified atom stereocenters. The summed E-state index contributed by atoms with van der Waals surface area (Å²) in [6.45, 7) is 5.69. The van der Waals surface area contributed by atoms with Gasteiger partial charge in [-0.1, -0.05) is 78.4 Å². The maximum absolute atomic E-state index is 12.5. The Morgan fingerprint density at radius 2 is 1.56 bits per heavy atom. The van der Waals surface area contributed by atoms with Crippen molar-refractivity contribution in [1.82, 2.24) is 9.99 Å². The van der Waals surface area contributed by atoms with Crippen LogP contribution < -0.4 is 0 Å². The zero-order valence-electron chi connectivity index (χ0n) is 18.5. The predicted octanol–water partition coefficient (Wildman–Crippen LogP) is 6.22. The number of fused-ring (bicyclic) bond motifs is 1. The van der Waals surface area contributed by atoms with E-state index in [-0.39, 0.29) is 11.9 Å². The van der Waals surface area contributed by atoms with E-state index in [1.807, 2.05) is 31.2 Å². The van der Waals surface area contributed by atoms with Gasteiger partial charge in [0.05, 0.1) is 17.3 Å². The lowest BCUT2D eigenvalue weighted by Crippen LogP contribution is -2.24. The van der Waals surface area contributed by atoms with Crippen LogP contribution in [0.1, 0.15) is 41.8 Å². The molecule has 0 radical (unpaired) electrons. The molecule has 0 N–H and O–H groups in total. The lowest BCUT2D eigenvalue weighted by Gasteiger charge is -2.20. The van der Waals surface area contributed by atoms with Gasteiger partial charge in [-0.25, -0.2) is 5.01 Å². The molecule has 5 rings (SSSR count). The highest BCUT2D eigenvalue weighted by molar-refractivity contribution is 6.13. The second-order valence-electron chi connectivity index (χ2n) is 8.37. The Bertz CT molecular complexity index is 1340. The van der Waals surface area contributed by atoms with Crippen LogP contribution in [0.25, 0.3) is 22.0 Å². The van der Waals surface area contributed by atoms with Crippen LogP contribution in [0, 0.1) is 13.8 Å². The molecular weight excluding hydrogens is 394 g/mol. The number of para-hydroxylation sites is 1. The third-order valence-corrected chi connectivity index (χ3v) is 6.12. The summed E-state index contributed by atoms with van der Waals surface area (Å²) < 4.78 is 0. The molecule has 1 aliphatic heterocycles. The summed E-state index contributed by atoms with van der Waals surface area (Å²) in [6, 6.07) is 26.9. The molecule has 4 heteroatoms. The Kier molecular flexibility index (Phi) is 5.06. The molecule has 3 aromatic carbocycles. The topological polar surface area (TPSA) is 45.6 Å². The van der Waals surface area contributed by atoms with Crippen LogP contribution in [0.2, 0.25) is 0 Å². The van der Waals surface area contributed by atoms with E-state index in [0.717, 1.165) is 44.6 Å². The molecule has 4 nitrogen and oxygen atoms in total. The highest BCUT2D eigenvalue weighted by Gasteiger charge is 2.33. The molecule has 2 heterocycles. The van der Waals surface area contributed by atoms with E-state index in [0.29, 0.717) is 6.42 Å². The third kappa shape index (κ3) is 3.48. The molecule has 0 saturated carbocycles. The standard InChI is InChI=1S/C28H25N3O/c1-18-13-15-21(16-14-18)26-17-25(30-31(26)20(3)32)27-19(2)29-24-12-8-7-11-23(24)28(27)22-9-5-4-6-10-22/h4-16,26H,17H2,1-3H3/t26-/m1/s1. The molecule has 0 aliphatic carbocycles. The first-order valence-electron chi connectivity index (χ1n) is 10.9. The highest BCUT2D eigenvalue weighted by atomic mass is 16.2. The Labute approximate surface area is 188 Å². The fraction of sp³-hybridized carbons (Fsp3) is 0.179. The summed E-state index contributed by atoms with van der Waals surface area (Å²) in [5.41, 5.74) is 8.36. The fourth-order valence-corrected chi connectivity index (χ4v) is 4.59. The first kappa shape index (κ1) is 20.1. The van der Waals surface area contributed by atoms with Crippen LogP contribution in [0.15, 0.2) is 84.0 Å². The van der Waals surface area contributed by atoms with Crippen molar-refractivity contribution in [3.8, 4) is 11.1 Å². The van der Waals surface area contributed by atoms with Gasteiger partial charge in [-0.3, -0.25) is 9.78 Å². The molecule has 32 heavy (non-hydrogen) atoms. The van der Waals surface area contributed by atoms with Gasteiger partial charge >= 0.3 is 0 Å². The second-order valence-corrected chi connectivity index (χ2v) is 8.37. The van der Waals surface area contributed by atoms with Crippen LogP contribution in [0.5, 0.6) is 0 Å². The third-order valence-electron chi connectivity index (χ3n) is 6.12. The Morgan fingerprint density at radius 1 is 0.875 bits per heavy atom. The number of nitrogens with zero attached hydrogens (tertiary/aromatic N) is 3. The molecule has 0 spiro atoms. The van der Waals surface area contributed by atoms with E-state index in [2.05, 4.69) is 61.5 Å². The lowest BCUT2D eigenvalue weighted by atomic mass is 9.89. The van der Waals surface area contributed by atoms with Gasteiger partial charge in [0.1, 0.15) is 0 Å². The zero-order chi connectivity index (χ0) is 22.2. The zero-order valence-corrected chi connectivity index (χ0v) is 18.5. The molecule has 0 saturated heterocycles. The van der Waals surface area contributed by atoms with Crippen LogP contribution in [-0.4, -0.2) is 21.6 Å². The van der Waals surface area contributed by atoms with Gasteiger partial charge in [-0.15, -0.1) is 0 Å². The van der Waals surface area contributed by atoms with Gasteiger partial charge in [0, 0.05) is 35.6 Å². The highest BCUT2D eigenvalue weighted by Crippen LogP contribution is 2.39. The van der Waals surface area contributed by atoms with Crippen LogP contribution in [0.3, 0.4) is 0 Å². The normalized spacial score (nSPS) is 15.8. The lowest BCUT2D eigenvalue weighted by molar-refractivity contribution is -0.130. The SMILES string of the molecule is CC(=O)N1N=C(c2c(C)nc3ccccc3c2-c2ccccc2)C[C@@H]1c1ccc(C)cc1. The average molecular weight is 420 g/mol. The first-order valence-corrected chi connectivity index (χ1v) is 10.9. The van der Waals surface area contributed by atoms with Gasteiger partial charge in [-0.05, 0) is 31.0 Å². The molecule has 1 atom stereocenters. The molecule has 1 aliphatic rings. The number of rotatable bonds is 3. The minimum atomic E-state index is -0.113. The molecular formula is C28H25N3O. The molecule has 158 valence electrons. The number of aryl methyl sites for hydroxylation is 2. The molecule has 1 amide bonds. The van der Waals surface area contributed by atoms with Crippen molar-refractivity contribution in [3.05, 3.63) is 101 Å². The number of hydrogen-bond acceptors (Lipinski definition) is 3. The van der Waals surface area contributed by atoms with E-state index >= 15 is 0 Å². The van der Waals surface area contributed by atoms with Crippen molar-refractivity contribution in [2.75, 3.05) is 0 Å². The Hall–Kier alpha value is -3.79. The Balaban J connectivity index is 1.71. The number of hydrazone groups is 1. The fourth-order valence-electron chi connectivity index (χ4n) is 4.59. The molecule has 0 bridgehead atoms. The number of amides is 1. The van der Waals surface area contributed by atoms with Gasteiger partial charge < -0.3 is 0 Å². The van der Waals surface area contributed by atoms with E-state index in [1.165, 1.54) is 5.56 Å². The number of pyridine rings is 1. The van der Waals surface area contributed by atoms with Crippen molar-refractivity contribution in [2.45, 2.75) is 33.2 Å². The van der Waals surface area contributed by atoms with Crippen LogP contribution in [0.4, 0.5) is 0 Å². The Morgan fingerprint density at radius 3 is 2.28 bits per heavy atom. The smallest absolute Gasteiger partial charge is 0.240 e. The monoisotopic (exact) mass is 419 g/mol. The van der Waals surface area contributed by atoms with E-state index in [1.54, 1.807) is 11.9 Å².